The van der Waals surface area contributed by atoms with Crippen molar-refractivity contribution in [1.29, 1.82) is 5.26 Å². The molecule has 0 heterocycles. The number of anilines is 1. The first-order valence-electron chi connectivity index (χ1n) is 7.07. The summed E-state index contributed by atoms with van der Waals surface area (Å²) >= 11 is 5.93. The van der Waals surface area contributed by atoms with Gasteiger partial charge in [0.1, 0.15) is 10.7 Å². The molecule has 0 atom stereocenters. The summed E-state index contributed by atoms with van der Waals surface area (Å²) in [6.07, 6.45) is 0. The Bertz CT molecular complexity index is 929. The van der Waals surface area contributed by atoms with E-state index in [1.165, 1.54) is 24.3 Å². The molecule has 0 saturated heterocycles. The minimum absolute atomic E-state index is 0.0756. The molecule has 0 aliphatic heterocycles. The summed E-state index contributed by atoms with van der Waals surface area (Å²) < 4.78 is 41.3. The zero-order chi connectivity index (χ0) is 18.1. The molecule has 0 aliphatic carbocycles. The van der Waals surface area contributed by atoms with Gasteiger partial charge >= 0.3 is 0 Å². The number of halogens is 2. The second kappa shape index (κ2) is 6.42. The lowest BCUT2D eigenvalue weighted by molar-refractivity contribution is 0.523. The standard InChI is InChI=1S/C17H16ClFN2O2S/c1-17(2,3)13-6-5-12(9-15(13)19)21-24(22,23)16-7-4-11(10-20)8-14(16)18/h4-9,21H,1-3H3. The van der Waals surface area contributed by atoms with Crippen molar-refractivity contribution in [3.05, 3.63) is 58.4 Å². The highest BCUT2D eigenvalue weighted by Gasteiger charge is 2.21. The minimum atomic E-state index is -3.99. The molecular formula is C17H16ClFN2O2S. The van der Waals surface area contributed by atoms with E-state index < -0.39 is 21.3 Å². The van der Waals surface area contributed by atoms with E-state index in [2.05, 4.69) is 4.72 Å². The molecule has 0 fully saturated rings. The van der Waals surface area contributed by atoms with Crippen LogP contribution in [0.5, 0.6) is 0 Å². The first kappa shape index (κ1) is 18.2. The molecule has 0 saturated carbocycles. The Kier molecular flexibility index (Phi) is 4.88. The third-order valence-corrected chi connectivity index (χ3v) is 5.24. The van der Waals surface area contributed by atoms with Gasteiger partial charge in [-0.25, -0.2) is 12.8 Å². The van der Waals surface area contributed by atoms with Gasteiger partial charge in [0.2, 0.25) is 0 Å². The van der Waals surface area contributed by atoms with Gasteiger partial charge in [-0.15, -0.1) is 0 Å². The van der Waals surface area contributed by atoms with E-state index in [1.807, 2.05) is 26.8 Å². The predicted molar refractivity (Wildman–Crippen MR) is 92.1 cm³/mol. The van der Waals surface area contributed by atoms with Crippen molar-refractivity contribution >= 4 is 27.3 Å². The molecule has 2 aromatic carbocycles. The highest BCUT2D eigenvalue weighted by molar-refractivity contribution is 7.92. The van der Waals surface area contributed by atoms with Gasteiger partial charge in [-0.05, 0) is 41.3 Å². The van der Waals surface area contributed by atoms with E-state index in [0.717, 1.165) is 6.07 Å². The van der Waals surface area contributed by atoms with Gasteiger partial charge in [0, 0.05) is 0 Å². The van der Waals surface area contributed by atoms with Crippen LogP contribution in [-0.4, -0.2) is 8.42 Å². The Morgan fingerprint density at radius 2 is 1.83 bits per heavy atom. The lowest BCUT2D eigenvalue weighted by atomic mass is 9.86. The largest absolute Gasteiger partial charge is 0.279 e. The number of hydrogen-bond donors (Lipinski definition) is 1. The number of rotatable bonds is 3. The van der Waals surface area contributed by atoms with Crippen molar-refractivity contribution in [2.45, 2.75) is 31.1 Å². The lowest BCUT2D eigenvalue weighted by Gasteiger charge is -2.20. The fraction of sp³-hybridized carbons (Fsp3) is 0.235. The fourth-order valence-corrected chi connectivity index (χ4v) is 3.78. The van der Waals surface area contributed by atoms with Crippen molar-refractivity contribution in [3.8, 4) is 6.07 Å². The van der Waals surface area contributed by atoms with E-state index in [1.54, 1.807) is 6.07 Å². The molecule has 0 amide bonds. The molecule has 0 radical (unpaired) electrons. The van der Waals surface area contributed by atoms with E-state index in [9.17, 15) is 12.8 Å². The zero-order valence-electron chi connectivity index (χ0n) is 13.4. The summed E-state index contributed by atoms with van der Waals surface area (Å²) in [6, 6.07) is 9.91. The molecule has 0 aromatic heterocycles. The van der Waals surface area contributed by atoms with Gasteiger partial charge in [-0.1, -0.05) is 38.4 Å². The van der Waals surface area contributed by atoms with Crippen LogP contribution in [0.15, 0.2) is 41.3 Å². The molecular weight excluding hydrogens is 351 g/mol. The minimum Gasteiger partial charge on any atom is -0.279 e. The number of nitrogens with one attached hydrogen (secondary N) is 1. The molecule has 2 rings (SSSR count). The summed E-state index contributed by atoms with van der Waals surface area (Å²) in [5, 5.41) is 8.72. The molecule has 0 aliphatic rings. The third-order valence-electron chi connectivity index (χ3n) is 3.38. The Morgan fingerprint density at radius 1 is 1.17 bits per heavy atom. The van der Waals surface area contributed by atoms with E-state index in [4.69, 9.17) is 16.9 Å². The number of nitriles is 1. The van der Waals surface area contributed by atoms with E-state index in [-0.39, 0.29) is 21.2 Å². The Morgan fingerprint density at radius 3 is 2.33 bits per heavy atom. The summed E-state index contributed by atoms with van der Waals surface area (Å²) in [6.45, 7) is 5.60. The highest BCUT2D eigenvalue weighted by Crippen LogP contribution is 2.29. The van der Waals surface area contributed by atoms with Crippen molar-refractivity contribution in [2.24, 2.45) is 0 Å². The van der Waals surface area contributed by atoms with E-state index in [0.29, 0.717) is 5.56 Å². The van der Waals surface area contributed by atoms with Crippen LogP contribution in [0, 0.1) is 17.1 Å². The number of benzene rings is 2. The van der Waals surface area contributed by atoms with Gasteiger partial charge in [0.25, 0.3) is 10.0 Å². The predicted octanol–water partition coefficient (Wildman–Crippen LogP) is 4.45. The van der Waals surface area contributed by atoms with Crippen LogP contribution in [0.2, 0.25) is 5.02 Å². The molecule has 2 aromatic rings. The van der Waals surface area contributed by atoms with Crippen molar-refractivity contribution in [2.75, 3.05) is 4.72 Å². The smallest absolute Gasteiger partial charge is 0.263 e. The maximum atomic E-state index is 14.2. The zero-order valence-corrected chi connectivity index (χ0v) is 15.0. The molecule has 126 valence electrons. The Balaban J connectivity index is 2.37. The van der Waals surface area contributed by atoms with Crippen LogP contribution >= 0.6 is 11.6 Å². The van der Waals surface area contributed by atoms with E-state index >= 15 is 0 Å². The van der Waals surface area contributed by atoms with Crippen LogP contribution in [0.1, 0.15) is 31.9 Å². The quantitative estimate of drug-likeness (QED) is 0.872. The summed E-state index contributed by atoms with van der Waals surface area (Å²) in [5.74, 6) is -0.492. The molecule has 24 heavy (non-hydrogen) atoms. The summed E-state index contributed by atoms with van der Waals surface area (Å²) in [5.41, 5.74) is 0.445. The van der Waals surface area contributed by atoms with Crippen LogP contribution < -0.4 is 4.72 Å². The molecule has 0 bridgehead atoms. The topological polar surface area (TPSA) is 70.0 Å². The Hall–Kier alpha value is -2.10. The molecule has 0 spiro atoms. The normalized spacial score (nSPS) is 11.8. The second-order valence-corrected chi connectivity index (χ2v) is 8.37. The second-order valence-electron chi connectivity index (χ2n) is 6.31. The van der Waals surface area contributed by atoms with Crippen molar-refractivity contribution in [3.63, 3.8) is 0 Å². The monoisotopic (exact) mass is 366 g/mol. The lowest BCUT2D eigenvalue weighted by Crippen LogP contribution is -2.16. The molecule has 1 N–H and O–H groups in total. The average Bonchev–Trinajstić information content (AvgIpc) is 2.44. The maximum absolute atomic E-state index is 14.2. The number of hydrogen-bond acceptors (Lipinski definition) is 3. The van der Waals surface area contributed by atoms with Crippen molar-refractivity contribution in [1.82, 2.24) is 0 Å². The average molecular weight is 367 g/mol. The van der Waals surface area contributed by atoms with Gasteiger partial charge in [-0.2, -0.15) is 5.26 Å². The summed E-state index contributed by atoms with van der Waals surface area (Å²) in [4.78, 5) is -0.177. The van der Waals surface area contributed by atoms with Crippen LogP contribution in [0.25, 0.3) is 0 Å². The van der Waals surface area contributed by atoms with Crippen LogP contribution in [0.4, 0.5) is 10.1 Å². The number of nitrogens with zero attached hydrogens (tertiary/aromatic N) is 1. The van der Waals surface area contributed by atoms with Crippen LogP contribution in [-0.2, 0) is 15.4 Å². The van der Waals surface area contributed by atoms with Gasteiger partial charge < -0.3 is 0 Å². The van der Waals surface area contributed by atoms with Crippen molar-refractivity contribution < 1.29 is 12.8 Å². The summed E-state index contributed by atoms with van der Waals surface area (Å²) in [7, 11) is -3.99. The number of sulfonamides is 1. The molecule has 4 nitrogen and oxygen atoms in total. The maximum Gasteiger partial charge on any atom is 0.263 e. The first-order valence-corrected chi connectivity index (χ1v) is 8.93. The first-order chi connectivity index (χ1) is 11.0. The molecule has 0 unspecified atom stereocenters. The van der Waals surface area contributed by atoms with Gasteiger partial charge in [0.15, 0.2) is 0 Å². The van der Waals surface area contributed by atoms with Gasteiger partial charge in [0.05, 0.1) is 22.3 Å². The highest BCUT2D eigenvalue weighted by atomic mass is 35.5. The van der Waals surface area contributed by atoms with Gasteiger partial charge in [-0.3, -0.25) is 4.72 Å². The fourth-order valence-electron chi connectivity index (χ4n) is 2.19. The Labute approximate surface area is 145 Å². The SMILES string of the molecule is CC(C)(C)c1ccc(NS(=O)(=O)c2ccc(C#N)cc2Cl)cc1F. The van der Waals surface area contributed by atoms with Crippen LogP contribution in [0.3, 0.4) is 0 Å². The molecule has 7 heteroatoms. The third kappa shape index (κ3) is 3.86.